The van der Waals surface area contributed by atoms with E-state index in [1.54, 1.807) is 12.1 Å². The molecule has 0 saturated carbocycles. The Morgan fingerprint density at radius 1 is 0.516 bits per heavy atom. The van der Waals surface area contributed by atoms with Gasteiger partial charge in [0.1, 0.15) is 36.1 Å². The molecule has 0 amide bonds. The summed E-state index contributed by atoms with van der Waals surface area (Å²) in [6.07, 6.45) is 0. The van der Waals surface area contributed by atoms with Crippen LogP contribution < -0.4 is 9.47 Å². The van der Waals surface area contributed by atoms with E-state index in [-0.39, 0.29) is 0 Å². The Bertz CT molecular complexity index is 954. The molecule has 1 aliphatic rings. The molecule has 2 bridgehead atoms. The number of aromatic nitrogens is 1. The van der Waals surface area contributed by atoms with Crippen LogP contribution in [-0.2, 0) is 9.47 Å². The third kappa shape index (κ3) is 6.21. The van der Waals surface area contributed by atoms with E-state index in [0.717, 1.165) is 0 Å². The molecule has 2 heterocycles. The number of aromatic amines is 1. The smallest absolute Gasteiger partial charge is 0.154 e. The van der Waals surface area contributed by atoms with E-state index in [1.165, 1.54) is 0 Å². The van der Waals surface area contributed by atoms with Crippen LogP contribution in [0.1, 0.15) is 0 Å². The highest BCUT2D eigenvalue weighted by Crippen LogP contribution is 2.31. The summed E-state index contributed by atoms with van der Waals surface area (Å²) in [4.78, 5) is 3.06. The van der Waals surface area contributed by atoms with Gasteiger partial charge in [-0.15, -0.1) is 20.5 Å². The molecule has 1 aliphatic heterocycles. The average Bonchev–Trinajstić information content (AvgIpc) is 3.26. The first-order chi connectivity index (χ1) is 15.4. The van der Waals surface area contributed by atoms with Gasteiger partial charge >= 0.3 is 0 Å². The van der Waals surface area contributed by atoms with E-state index in [1.807, 2.05) is 48.5 Å². The third-order valence-corrected chi connectivity index (χ3v) is 4.26. The molecule has 0 atom stereocenters. The van der Waals surface area contributed by atoms with Crippen LogP contribution in [0.5, 0.6) is 11.5 Å². The van der Waals surface area contributed by atoms with Gasteiger partial charge in [-0.1, -0.05) is 24.3 Å². The zero-order valence-electron chi connectivity index (χ0n) is 16.9. The number of rotatable bonds is 0. The molecular formula is C22H23N5O4. The Morgan fingerprint density at radius 3 is 1.48 bits per heavy atom. The van der Waals surface area contributed by atoms with Gasteiger partial charge in [0, 0.05) is 0 Å². The molecule has 3 aromatic rings. The highest BCUT2D eigenvalue weighted by atomic mass is 16.6. The molecule has 160 valence electrons. The summed E-state index contributed by atoms with van der Waals surface area (Å²) >= 11 is 0. The number of hydrogen-bond donors (Lipinski definition) is 1. The van der Waals surface area contributed by atoms with Crippen LogP contribution in [0, 0.1) is 0 Å². The van der Waals surface area contributed by atoms with Crippen LogP contribution in [0.3, 0.4) is 0 Å². The first kappa shape index (κ1) is 20.7. The number of benzene rings is 2. The summed E-state index contributed by atoms with van der Waals surface area (Å²) in [7, 11) is 0. The lowest BCUT2D eigenvalue weighted by Gasteiger charge is -2.10. The number of nitrogens with zero attached hydrogens (tertiary/aromatic N) is 4. The Hall–Kier alpha value is -3.56. The highest BCUT2D eigenvalue weighted by molar-refractivity contribution is 5.52. The molecule has 0 spiro atoms. The molecule has 4 rings (SSSR count). The number of hydrogen-bond acceptors (Lipinski definition) is 8. The minimum atomic E-state index is 0.402. The summed E-state index contributed by atoms with van der Waals surface area (Å²) in [5, 5.41) is 17.1. The molecule has 9 heteroatoms. The van der Waals surface area contributed by atoms with Crippen molar-refractivity contribution in [2.24, 2.45) is 20.5 Å². The van der Waals surface area contributed by atoms with Crippen molar-refractivity contribution < 1.29 is 18.9 Å². The number of ether oxygens (including phenoxy) is 4. The van der Waals surface area contributed by atoms with Gasteiger partial charge in [-0.2, -0.15) is 0 Å². The van der Waals surface area contributed by atoms with E-state index >= 15 is 0 Å². The standard InChI is InChI=1S/C22H23N5O4/c1-3-7-19-17(5-1)24-26-21-9-10-22(23-21)27-25-18-6-2-4-8-20(18)31-16-14-29-12-11-28-13-15-30-19/h1-10,23H,11-16H2. The van der Waals surface area contributed by atoms with Gasteiger partial charge in [0.2, 0.25) is 0 Å². The minimum absolute atomic E-state index is 0.402. The maximum Gasteiger partial charge on any atom is 0.154 e. The predicted octanol–water partition coefficient (Wildman–Crippen LogP) is 5.65. The van der Waals surface area contributed by atoms with Crippen LogP contribution in [0.2, 0.25) is 0 Å². The number of para-hydroxylation sites is 2. The number of azo groups is 2. The number of H-pyrrole nitrogens is 1. The van der Waals surface area contributed by atoms with Crippen molar-refractivity contribution in [1.29, 1.82) is 0 Å². The summed E-state index contributed by atoms with van der Waals surface area (Å²) in [5.41, 5.74) is 1.25. The molecule has 9 nitrogen and oxygen atoms in total. The van der Waals surface area contributed by atoms with Crippen molar-refractivity contribution in [2.45, 2.75) is 0 Å². The molecule has 0 unspecified atom stereocenters. The molecule has 0 saturated heterocycles. The summed E-state index contributed by atoms with van der Waals surface area (Å²) < 4.78 is 22.6. The van der Waals surface area contributed by atoms with E-state index < -0.39 is 0 Å². The zero-order valence-corrected chi connectivity index (χ0v) is 16.9. The molecule has 0 radical (unpaired) electrons. The van der Waals surface area contributed by atoms with Gasteiger partial charge in [0.15, 0.2) is 11.6 Å². The van der Waals surface area contributed by atoms with Crippen LogP contribution in [0.15, 0.2) is 81.1 Å². The SMILES string of the molecule is c1ccc2c(c1)N=Nc1ccc([nH]1)N=Nc1ccccc1OCCOCCOCCO2. The average molecular weight is 421 g/mol. The van der Waals surface area contributed by atoms with Crippen LogP contribution in [0.4, 0.5) is 23.0 Å². The highest BCUT2D eigenvalue weighted by Gasteiger charge is 2.05. The van der Waals surface area contributed by atoms with E-state index in [2.05, 4.69) is 25.4 Å². The second-order valence-corrected chi connectivity index (χ2v) is 6.49. The topological polar surface area (TPSA) is 102 Å². The molecule has 1 N–H and O–H groups in total. The fourth-order valence-corrected chi connectivity index (χ4v) is 2.77. The Balaban J connectivity index is 1.54. The van der Waals surface area contributed by atoms with Gasteiger partial charge in [0.25, 0.3) is 0 Å². The molecule has 2 aromatic carbocycles. The Labute approximate surface area is 179 Å². The second kappa shape index (κ2) is 11.0. The largest absolute Gasteiger partial charge is 0.489 e. The maximum atomic E-state index is 5.78. The van der Waals surface area contributed by atoms with Gasteiger partial charge in [-0.3, -0.25) is 0 Å². The van der Waals surface area contributed by atoms with Crippen molar-refractivity contribution in [3.05, 3.63) is 60.7 Å². The molecule has 31 heavy (non-hydrogen) atoms. The molecule has 0 fully saturated rings. The zero-order chi connectivity index (χ0) is 21.1. The lowest BCUT2D eigenvalue weighted by molar-refractivity contribution is 0.0274. The fourth-order valence-electron chi connectivity index (χ4n) is 2.77. The molecule has 0 aliphatic carbocycles. The van der Waals surface area contributed by atoms with E-state index in [0.29, 0.717) is 74.2 Å². The molecular weight excluding hydrogens is 398 g/mol. The lowest BCUT2D eigenvalue weighted by atomic mass is 10.3. The quantitative estimate of drug-likeness (QED) is 0.507. The maximum absolute atomic E-state index is 5.78. The first-order valence-electron chi connectivity index (χ1n) is 10.0. The van der Waals surface area contributed by atoms with Crippen molar-refractivity contribution in [1.82, 2.24) is 4.98 Å². The van der Waals surface area contributed by atoms with Gasteiger partial charge in [0.05, 0.1) is 26.4 Å². The monoisotopic (exact) mass is 421 g/mol. The van der Waals surface area contributed by atoms with Crippen molar-refractivity contribution in [3.8, 4) is 11.5 Å². The number of fused-ring (bicyclic) bond motifs is 4. The second-order valence-electron chi connectivity index (χ2n) is 6.49. The minimum Gasteiger partial charge on any atom is -0.489 e. The van der Waals surface area contributed by atoms with Crippen molar-refractivity contribution in [2.75, 3.05) is 39.6 Å². The lowest BCUT2D eigenvalue weighted by Crippen LogP contribution is -2.13. The van der Waals surface area contributed by atoms with Crippen molar-refractivity contribution in [3.63, 3.8) is 0 Å². The van der Waals surface area contributed by atoms with Crippen LogP contribution in [-0.4, -0.2) is 44.6 Å². The van der Waals surface area contributed by atoms with Crippen LogP contribution >= 0.6 is 0 Å². The number of nitrogens with one attached hydrogen (secondary N) is 1. The Kier molecular flexibility index (Phi) is 7.35. The van der Waals surface area contributed by atoms with Gasteiger partial charge < -0.3 is 23.9 Å². The summed E-state index contributed by atoms with van der Waals surface area (Å²) in [5.74, 6) is 2.38. The summed E-state index contributed by atoms with van der Waals surface area (Å²) in [6.45, 7) is 2.65. The summed E-state index contributed by atoms with van der Waals surface area (Å²) in [6, 6.07) is 18.5. The van der Waals surface area contributed by atoms with Crippen molar-refractivity contribution >= 4 is 23.0 Å². The predicted molar refractivity (Wildman–Crippen MR) is 115 cm³/mol. The Morgan fingerprint density at radius 2 is 0.968 bits per heavy atom. The normalized spacial score (nSPS) is 15.6. The third-order valence-electron chi connectivity index (χ3n) is 4.26. The van der Waals surface area contributed by atoms with E-state index in [4.69, 9.17) is 18.9 Å². The fraction of sp³-hybridized carbons (Fsp3) is 0.273. The van der Waals surface area contributed by atoms with Crippen LogP contribution in [0.25, 0.3) is 0 Å². The van der Waals surface area contributed by atoms with Gasteiger partial charge in [-0.25, -0.2) is 0 Å². The first-order valence-corrected chi connectivity index (χ1v) is 10.0. The molecule has 1 aromatic heterocycles. The van der Waals surface area contributed by atoms with Gasteiger partial charge in [-0.05, 0) is 36.4 Å². The van der Waals surface area contributed by atoms with E-state index in [9.17, 15) is 0 Å².